The molecule has 46 heavy (non-hydrogen) atoms. The number of phenols is 1. The predicted octanol–water partition coefficient (Wildman–Crippen LogP) is 6.48. The molecule has 11 heteroatoms. The maximum atomic E-state index is 14.5. The number of nitrogens with zero attached hydrogens (tertiary/aromatic N) is 2. The molecule has 0 aromatic heterocycles. The van der Waals surface area contributed by atoms with Gasteiger partial charge < -0.3 is 5.11 Å². The summed E-state index contributed by atoms with van der Waals surface area (Å²) in [5.74, 6) is -6.55. The van der Waals surface area contributed by atoms with E-state index in [1.807, 2.05) is 6.08 Å². The number of anilines is 2. The molecule has 3 aromatic rings. The molecule has 8 nitrogen and oxygen atoms in total. The van der Waals surface area contributed by atoms with Crippen LogP contribution in [0.2, 0.25) is 10.0 Å². The number of aromatic hydroxyl groups is 1. The van der Waals surface area contributed by atoms with Gasteiger partial charge in [-0.15, -0.1) is 0 Å². The van der Waals surface area contributed by atoms with Gasteiger partial charge in [0.2, 0.25) is 23.6 Å². The van der Waals surface area contributed by atoms with Crippen LogP contribution in [0.4, 0.5) is 15.8 Å². The number of halogens is 3. The van der Waals surface area contributed by atoms with Crippen LogP contribution in [-0.4, -0.2) is 34.5 Å². The van der Waals surface area contributed by atoms with Crippen LogP contribution in [0.15, 0.2) is 72.3 Å². The summed E-state index contributed by atoms with van der Waals surface area (Å²) in [5, 5.41) is 10.1. The van der Waals surface area contributed by atoms with Gasteiger partial charge >= 0.3 is 0 Å². The Morgan fingerprint density at radius 2 is 1.57 bits per heavy atom. The van der Waals surface area contributed by atoms with E-state index in [1.54, 1.807) is 37.3 Å². The lowest BCUT2D eigenvalue weighted by Gasteiger charge is -2.49. The van der Waals surface area contributed by atoms with Gasteiger partial charge in [-0.1, -0.05) is 40.9 Å². The lowest BCUT2D eigenvalue weighted by molar-refractivity contribution is -0.131. The molecule has 2 aliphatic carbocycles. The first-order chi connectivity index (χ1) is 21.8. The number of carbonyl (C=O) groups is 5. The Kier molecular flexibility index (Phi) is 6.99. The number of fused-ring (bicyclic) bond motifs is 4. The molecule has 4 aliphatic rings. The van der Waals surface area contributed by atoms with Crippen LogP contribution in [0.5, 0.6) is 5.75 Å². The van der Waals surface area contributed by atoms with E-state index < -0.39 is 58.5 Å². The van der Waals surface area contributed by atoms with E-state index in [0.717, 1.165) is 21.4 Å². The van der Waals surface area contributed by atoms with Crippen LogP contribution < -0.4 is 9.80 Å². The van der Waals surface area contributed by atoms with Gasteiger partial charge in [-0.05, 0) is 92.8 Å². The normalized spacial score (nSPS) is 28.6. The summed E-state index contributed by atoms with van der Waals surface area (Å²) in [6.07, 6.45) is 2.24. The van der Waals surface area contributed by atoms with Crippen LogP contribution in [0.1, 0.15) is 48.5 Å². The number of amides is 4. The molecule has 7 rings (SSSR count). The number of allylic oxidation sites excluding steroid dienone is 2. The molecule has 3 aromatic carbocycles. The number of hydrogen-bond acceptors (Lipinski definition) is 6. The summed E-state index contributed by atoms with van der Waals surface area (Å²) >= 11 is 12.8. The topological polar surface area (TPSA) is 112 Å². The second-order valence-corrected chi connectivity index (χ2v) is 13.4. The Balaban J connectivity index is 1.35. The van der Waals surface area contributed by atoms with E-state index >= 15 is 0 Å². The summed E-state index contributed by atoms with van der Waals surface area (Å²) in [6, 6.07) is 14.3. The fraction of sp³-hybridized carbons (Fsp3) is 0.286. The standard InChI is InChI=1S/C35H27Cl2FN2O6/c1-16(41)17-3-5-18(6-4-17)39-31(43)23-11-10-21-24(29(23)33(39)45)15-25-32(44)40(19-7-12-28(38)27(37)13-19)34(46)35(25,2)30(21)22-9-8-20(42)14-26(22)36/h3-10,12-14,23-25,29-30,42H,11,15H2,1-2H3. The van der Waals surface area contributed by atoms with Crippen LogP contribution in [0, 0.1) is 34.9 Å². The third-order valence-electron chi connectivity index (χ3n) is 10.3. The SMILES string of the molecule is CC(=O)c1ccc(N2C(=O)C3CC=C4C(CC5C(=O)N(c6ccc(F)c(Cl)c6)C(=O)C5(C)C4c4ccc(O)cc4Cl)C3C2=O)cc1. The molecule has 2 saturated heterocycles. The first kappa shape index (κ1) is 30.3. The van der Waals surface area contributed by atoms with Gasteiger partial charge in [0.05, 0.1) is 39.6 Å². The Hall–Kier alpha value is -4.34. The van der Waals surface area contributed by atoms with Crippen molar-refractivity contribution in [1.82, 2.24) is 0 Å². The molecule has 4 amide bonds. The number of imide groups is 2. The highest BCUT2D eigenvalue weighted by Gasteiger charge is 2.68. The van der Waals surface area contributed by atoms with E-state index in [2.05, 4.69) is 0 Å². The molecule has 0 radical (unpaired) electrons. The summed E-state index contributed by atoms with van der Waals surface area (Å²) in [7, 11) is 0. The van der Waals surface area contributed by atoms with Gasteiger partial charge in [-0.3, -0.25) is 28.9 Å². The second-order valence-electron chi connectivity index (χ2n) is 12.6. The highest BCUT2D eigenvalue weighted by Crippen LogP contribution is 2.64. The molecule has 1 saturated carbocycles. The quantitative estimate of drug-likeness (QED) is 0.195. The Labute approximate surface area is 273 Å². The summed E-state index contributed by atoms with van der Waals surface area (Å²) in [5.41, 5.74) is 0.760. The Morgan fingerprint density at radius 1 is 0.870 bits per heavy atom. The minimum atomic E-state index is -1.37. The molecule has 6 atom stereocenters. The molecule has 234 valence electrons. The molecule has 1 N–H and O–H groups in total. The lowest BCUT2D eigenvalue weighted by Crippen LogP contribution is -2.49. The highest BCUT2D eigenvalue weighted by atomic mass is 35.5. The van der Waals surface area contributed by atoms with Crippen molar-refractivity contribution in [3.63, 3.8) is 0 Å². The third kappa shape index (κ3) is 4.21. The van der Waals surface area contributed by atoms with Gasteiger partial charge in [-0.2, -0.15) is 0 Å². The molecule has 0 bridgehead atoms. The lowest BCUT2D eigenvalue weighted by atomic mass is 9.51. The molecule has 6 unspecified atom stereocenters. The fourth-order valence-electron chi connectivity index (χ4n) is 8.08. The number of Topliss-reactive ketones (excluding diaryl/α,β-unsaturated/α-hetero) is 1. The number of rotatable bonds is 4. The van der Waals surface area contributed by atoms with Crippen LogP contribution in [-0.2, 0) is 19.2 Å². The zero-order valence-corrected chi connectivity index (χ0v) is 26.2. The largest absolute Gasteiger partial charge is 0.508 e. The van der Waals surface area contributed by atoms with E-state index in [1.165, 1.54) is 31.2 Å². The van der Waals surface area contributed by atoms with Gasteiger partial charge in [0.15, 0.2) is 5.78 Å². The van der Waals surface area contributed by atoms with Crippen LogP contribution in [0.25, 0.3) is 0 Å². The van der Waals surface area contributed by atoms with E-state index in [9.17, 15) is 33.5 Å². The zero-order valence-electron chi connectivity index (χ0n) is 24.7. The molecular formula is C35H27Cl2FN2O6. The smallest absolute Gasteiger partial charge is 0.241 e. The maximum Gasteiger partial charge on any atom is 0.241 e. The molecule has 3 fully saturated rings. The first-order valence-electron chi connectivity index (χ1n) is 14.8. The average Bonchev–Trinajstić information content (AvgIpc) is 3.38. The zero-order chi connectivity index (χ0) is 32.8. The number of ketones is 1. The van der Waals surface area contributed by atoms with Crippen LogP contribution >= 0.6 is 23.2 Å². The second kappa shape index (κ2) is 10.6. The number of phenolic OH excluding ortho intramolecular Hbond substituents is 1. The van der Waals surface area contributed by atoms with Crippen molar-refractivity contribution in [2.45, 2.75) is 32.6 Å². The van der Waals surface area contributed by atoms with Crippen molar-refractivity contribution in [1.29, 1.82) is 0 Å². The van der Waals surface area contributed by atoms with Crippen LogP contribution in [0.3, 0.4) is 0 Å². The monoisotopic (exact) mass is 660 g/mol. The minimum absolute atomic E-state index is 0.0834. The van der Waals surface area contributed by atoms with Gasteiger partial charge in [-0.25, -0.2) is 9.29 Å². The summed E-state index contributed by atoms with van der Waals surface area (Å²) in [4.78, 5) is 70.7. The third-order valence-corrected chi connectivity index (χ3v) is 10.9. The summed E-state index contributed by atoms with van der Waals surface area (Å²) in [6.45, 7) is 3.13. The number of benzene rings is 3. The average molecular weight is 662 g/mol. The van der Waals surface area contributed by atoms with Gasteiger partial charge in [0.25, 0.3) is 0 Å². The van der Waals surface area contributed by atoms with E-state index in [4.69, 9.17) is 23.2 Å². The fourth-order valence-corrected chi connectivity index (χ4v) is 8.54. The Bertz CT molecular complexity index is 1930. The van der Waals surface area contributed by atoms with Crippen molar-refractivity contribution in [2.24, 2.45) is 29.1 Å². The molecule has 0 spiro atoms. The summed E-state index contributed by atoms with van der Waals surface area (Å²) < 4.78 is 14.1. The van der Waals surface area contributed by atoms with Gasteiger partial charge in [0.1, 0.15) is 11.6 Å². The van der Waals surface area contributed by atoms with E-state index in [-0.39, 0.29) is 46.0 Å². The molecule has 2 heterocycles. The Morgan fingerprint density at radius 3 is 2.22 bits per heavy atom. The van der Waals surface area contributed by atoms with Crippen molar-refractivity contribution < 1.29 is 33.5 Å². The van der Waals surface area contributed by atoms with E-state index in [0.29, 0.717) is 16.8 Å². The minimum Gasteiger partial charge on any atom is -0.508 e. The highest BCUT2D eigenvalue weighted by molar-refractivity contribution is 6.32. The molecular weight excluding hydrogens is 634 g/mol. The van der Waals surface area contributed by atoms with Crippen molar-refractivity contribution in [3.8, 4) is 5.75 Å². The number of carbonyl (C=O) groups excluding carboxylic acids is 5. The first-order valence-corrected chi connectivity index (χ1v) is 15.6. The predicted molar refractivity (Wildman–Crippen MR) is 168 cm³/mol. The van der Waals surface area contributed by atoms with Crippen molar-refractivity contribution in [2.75, 3.05) is 9.80 Å². The van der Waals surface area contributed by atoms with Crippen molar-refractivity contribution >= 4 is 64.0 Å². The molecule has 2 aliphatic heterocycles. The van der Waals surface area contributed by atoms with Crippen molar-refractivity contribution in [3.05, 3.63) is 99.3 Å². The maximum absolute atomic E-state index is 14.5. The number of hydrogen-bond donors (Lipinski definition) is 1. The van der Waals surface area contributed by atoms with Gasteiger partial charge in [0, 0.05) is 16.5 Å².